The Bertz CT molecular complexity index is 2570. The van der Waals surface area contributed by atoms with Crippen LogP contribution in [0.25, 0.3) is 16.7 Å². The lowest BCUT2D eigenvalue weighted by molar-refractivity contribution is -0.136. The molecule has 316 valence electrons. The first kappa shape index (κ1) is 40.5. The van der Waals surface area contributed by atoms with Gasteiger partial charge in [-0.25, -0.2) is 0 Å². The van der Waals surface area contributed by atoms with Gasteiger partial charge in [0.15, 0.2) is 0 Å². The monoisotopic (exact) mass is 831 g/mol. The summed E-state index contributed by atoms with van der Waals surface area (Å²) in [5, 5.41) is 2.21. The molecule has 1 aromatic heterocycles. The van der Waals surface area contributed by atoms with Gasteiger partial charge in [0.2, 0.25) is 17.7 Å². The van der Waals surface area contributed by atoms with Gasteiger partial charge in [-0.15, -0.1) is 0 Å². The molecule has 4 heterocycles. The van der Waals surface area contributed by atoms with E-state index in [4.69, 9.17) is 14.2 Å². The number of ether oxygens (including phenoxy) is 3. The number of allylic oxidation sites excluding steroid dienone is 8. The lowest BCUT2D eigenvalue weighted by atomic mass is 9.89. The van der Waals surface area contributed by atoms with Crippen LogP contribution < -0.4 is 20.9 Å². The van der Waals surface area contributed by atoms with Crippen molar-refractivity contribution in [3.63, 3.8) is 0 Å². The highest BCUT2D eigenvalue weighted by molar-refractivity contribution is 6.23. The van der Waals surface area contributed by atoms with Crippen LogP contribution in [-0.2, 0) is 25.5 Å². The molecule has 1 saturated heterocycles. The predicted molar refractivity (Wildman–Crippen MR) is 232 cm³/mol. The van der Waals surface area contributed by atoms with Crippen molar-refractivity contribution in [2.24, 2.45) is 0 Å². The normalized spacial score (nSPS) is 22.7. The number of carbonyl (C=O) groups is 4. The minimum atomic E-state index is -1.00. The first-order valence-corrected chi connectivity index (χ1v) is 21.6. The number of hydrazine groups is 1. The average molecular weight is 832 g/mol. The number of imide groups is 2. The molecule has 4 amide bonds. The number of carbonyl (C=O) groups excluding carboxylic acids is 4. The number of hydrogen-bond acceptors (Lipinski definition) is 10. The first-order valence-electron chi connectivity index (χ1n) is 21.6. The molecule has 0 spiro atoms. The van der Waals surface area contributed by atoms with Crippen LogP contribution >= 0.6 is 0 Å². The summed E-state index contributed by atoms with van der Waals surface area (Å²) in [7, 11) is 0. The Balaban J connectivity index is 0.689. The molecule has 62 heavy (non-hydrogen) atoms. The van der Waals surface area contributed by atoms with E-state index in [0.717, 1.165) is 61.3 Å². The number of hydrogen-bond donors (Lipinski definition) is 3. The molecule has 0 bridgehead atoms. The second-order valence-corrected chi connectivity index (χ2v) is 16.7. The summed E-state index contributed by atoms with van der Waals surface area (Å²) >= 11 is 0. The molecule has 12 heteroatoms. The number of fused-ring (bicyclic) bond motifs is 4. The third-order valence-corrected chi connectivity index (χ3v) is 12.4. The summed E-state index contributed by atoms with van der Waals surface area (Å²) in [6.07, 6.45) is 21.5. The van der Waals surface area contributed by atoms with Crippen molar-refractivity contribution in [1.82, 2.24) is 26.1 Å². The van der Waals surface area contributed by atoms with Gasteiger partial charge in [0.25, 0.3) is 11.8 Å². The molecule has 12 nitrogen and oxygen atoms in total. The van der Waals surface area contributed by atoms with Gasteiger partial charge in [-0.05, 0) is 127 Å². The summed E-state index contributed by atoms with van der Waals surface area (Å²) < 4.78 is 18.5. The van der Waals surface area contributed by atoms with Crippen molar-refractivity contribution in [1.29, 1.82) is 0 Å². The molecule has 0 radical (unpaired) electrons. The van der Waals surface area contributed by atoms with Crippen molar-refractivity contribution in [2.75, 3.05) is 6.61 Å². The average Bonchev–Trinajstić information content (AvgIpc) is 3.37. The molecule has 1 saturated carbocycles. The highest BCUT2D eigenvalue weighted by Gasteiger charge is 2.44. The van der Waals surface area contributed by atoms with Crippen LogP contribution in [-0.4, -0.2) is 58.4 Å². The zero-order valence-corrected chi connectivity index (χ0v) is 34.9. The number of amides is 4. The van der Waals surface area contributed by atoms with Crippen molar-refractivity contribution in [2.45, 2.75) is 102 Å². The van der Waals surface area contributed by atoms with E-state index in [0.29, 0.717) is 30.6 Å². The molecule has 2 atom stereocenters. The molecular weight excluding hydrogens is 783 g/mol. The maximum absolute atomic E-state index is 13.1. The second kappa shape index (κ2) is 17.6. The Hall–Kier alpha value is -6.87. The van der Waals surface area contributed by atoms with Crippen LogP contribution in [0.1, 0.15) is 115 Å². The molecule has 2 fully saturated rings. The molecule has 3 N–H and O–H groups in total. The highest BCUT2D eigenvalue weighted by Crippen LogP contribution is 2.40. The van der Waals surface area contributed by atoms with E-state index in [9.17, 15) is 19.2 Å². The quantitative estimate of drug-likeness (QED) is 0.101. The van der Waals surface area contributed by atoms with E-state index in [-0.39, 0.29) is 36.2 Å². The van der Waals surface area contributed by atoms with Crippen LogP contribution in [0.15, 0.2) is 108 Å². The Morgan fingerprint density at radius 1 is 0.855 bits per heavy atom. The Labute approximate surface area is 361 Å². The minimum Gasteiger partial charge on any atom is -0.494 e. The largest absolute Gasteiger partial charge is 0.494 e. The van der Waals surface area contributed by atoms with Crippen LogP contribution in [0.3, 0.4) is 0 Å². The molecule has 3 aliphatic heterocycles. The van der Waals surface area contributed by atoms with E-state index in [2.05, 4.69) is 89.3 Å². The van der Waals surface area contributed by atoms with Crippen molar-refractivity contribution >= 4 is 29.2 Å². The third kappa shape index (κ3) is 8.53. The van der Waals surface area contributed by atoms with E-state index < -0.39 is 29.7 Å². The number of aryl methyl sites for hydroxylation is 1. The molecule has 6 aliphatic rings. The van der Waals surface area contributed by atoms with Crippen LogP contribution in [0.4, 0.5) is 0 Å². The van der Waals surface area contributed by atoms with Gasteiger partial charge >= 0.3 is 0 Å². The van der Waals surface area contributed by atoms with E-state index in [1.165, 1.54) is 45.0 Å². The summed E-state index contributed by atoms with van der Waals surface area (Å²) in [5.74, 6) is 6.70. The number of piperidine rings is 1. The van der Waals surface area contributed by atoms with Crippen LogP contribution in [0, 0.1) is 11.8 Å². The molecule has 3 aliphatic carbocycles. The fraction of sp³-hybridized carbons (Fsp3) is 0.340. The number of nitrogens with one attached hydrogen (secondary N) is 3. The second-order valence-electron chi connectivity index (χ2n) is 16.7. The number of aromatic nitrogens is 1. The summed E-state index contributed by atoms with van der Waals surface area (Å²) in [5.41, 5.74) is 16.4. The third-order valence-electron chi connectivity index (χ3n) is 12.4. The molecule has 3 aromatic rings. The van der Waals surface area contributed by atoms with Gasteiger partial charge in [0, 0.05) is 49.7 Å². The van der Waals surface area contributed by atoms with Gasteiger partial charge in [-0.1, -0.05) is 43.2 Å². The predicted octanol–water partition coefficient (Wildman–Crippen LogP) is 7.47. The van der Waals surface area contributed by atoms with Crippen LogP contribution in [0.5, 0.6) is 5.75 Å². The summed E-state index contributed by atoms with van der Waals surface area (Å²) in [4.78, 5) is 55.2. The van der Waals surface area contributed by atoms with Gasteiger partial charge in [0.05, 0.1) is 17.7 Å². The number of nitrogens with zero attached hydrogens (tertiary/aromatic N) is 2. The smallest absolute Gasteiger partial charge is 0.262 e. The Morgan fingerprint density at radius 3 is 2.53 bits per heavy atom. The zero-order chi connectivity index (χ0) is 42.7. The Kier molecular flexibility index (Phi) is 11.5. The summed E-state index contributed by atoms with van der Waals surface area (Å²) in [6, 6.07) is 12.8. The Morgan fingerprint density at radius 2 is 1.69 bits per heavy atom. The van der Waals surface area contributed by atoms with Gasteiger partial charge in [-0.2, -0.15) is 0 Å². The topological polar surface area (TPSA) is 148 Å². The number of rotatable bonds is 11. The van der Waals surface area contributed by atoms with Gasteiger partial charge in [0.1, 0.15) is 35.5 Å². The van der Waals surface area contributed by atoms with E-state index in [1.54, 1.807) is 12.1 Å². The standard InChI is InChI=1S/C50H49N5O7/c1-30-8-11-33-22-23-51-29-43(33)39-16-12-34(25-41(30)39)32-10-9-31(2)45(19-13-32)61-37-26-38(27-37)62-47-21-14-35(53-54-47)7-5-3-4-6-24-60-36-15-17-40-42(28-36)50(59)55(49(40)58)44-18-20-46(56)52-48(44)57/h10,12-17,19,21-23,25,28-30,37-38,44,53-54H,3-4,6,8-9,11,18,20,24,26-27H2,1-2H3,(H,52,56,57). The number of pyridine rings is 1. The maximum atomic E-state index is 13.1. The zero-order valence-electron chi connectivity index (χ0n) is 34.9. The van der Waals surface area contributed by atoms with Crippen molar-refractivity contribution in [3.05, 3.63) is 136 Å². The van der Waals surface area contributed by atoms with E-state index >= 15 is 0 Å². The maximum Gasteiger partial charge on any atom is 0.262 e. The lowest BCUT2D eigenvalue weighted by Crippen LogP contribution is -2.54. The lowest BCUT2D eigenvalue weighted by Gasteiger charge is -2.36. The minimum absolute atomic E-state index is 0.0577. The SMILES string of the molecule is CC1=C(OC2CC(OC3=CC=C(C#CCCCCOc4ccc5c(c4)C(=O)N(C4CCC(=O)NC4=O)C5=O)NN3)C2)C=CC(c2ccc3c(c2)C(C)CCc2ccncc2-3)=CC1. The van der Waals surface area contributed by atoms with Crippen LogP contribution in [0.2, 0.25) is 0 Å². The number of benzene rings is 2. The molecule has 2 aromatic carbocycles. The van der Waals surface area contributed by atoms with Gasteiger partial charge < -0.3 is 14.2 Å². The fourth-order valence-corrected chi connectivity index (χ4v) is 8.68. The van der Waals surface area contributed by atoms with Gasteiger partial charge in [-0.3, -0.25) is 45.2 Å². The fourth-order valence-electron chi connectivity index (χ4n) is 8.68. The molecule has 2 unspecified atom stereocenters. The summed E-state index contributed by atoms with van der Waals surface area (Å²) in [6.45, 7) is 4.89. The van der Waals surface area contributed by atoms with E-state index in [1.807, 2.05) is 24.5 Å². The first-order chi connectivity index (χ1) is 30.2. The highest BCUT2D eigenvalue weighted by atomic mass is 16.5. The molecule has 9 rings (SSSR count). The number of unbranched alkanes of at least 4 members (excludes halogenated alkanes) is 2. The van der Waals surface area contributed by atoms with Crippen molar-refractivity contribution < 1.29 is 33.4 Å². The van der Waals surface area contributed by atoms with Crippen molar-refractivity contribution in [3.8, 4) is 28.7 Å². The molecular formula is C50H49N5O7.